The Hall–Kier alpha value is -4.38. The number of halogens is 6. The zero-order valence-corrected chi connectivity index (χ0v) is 31.1. The number of benzene rings is 1. The van der Waals surface area contributed by atoms with Crippen LogP contribution in [0.4, 0.5) is 26.3 Å². The fourth-order valence-corrected chi connectivity index (χ4v) is 8.14. The van der Waals surface area contributed by atoms with Crippen molar-refractivity contribution >= 4 is 29.1 Å². The van der Waals surface area contributed by atoms with Crippen molar-refractivity contribution in [3.8, 4) is 11.5 Å². The van der Waals surface area contributed by atoms with Crippen LogP contribution in [-0.2, 0) is 27.5 Å². The molecule has 300 valence electrons. The Morgan fingerprint density at radius 3 is 2.36 bits per heavy atom. The number of hydrogen-bond acceptors (Lipinski definition) is 8. The molecule has 55 heavy (non-hydrogen) atoms. The zero-order chi connectivity index (χ0) is 40.2. The van der Waals surface area contributed by atoms with E-state index in [4.69, 9.17) is 14.6 Å². The minimum absolute atomic E-state index is 0.0171. The van der Waals surface area contributed by atoms with Gasteiger partial charge in [0, 0.05) is 55.7 Å². The van der Waals surface area contributed by atoms with Gasteiger partial charge in [0.1, 0.15) is 22.1 Å². The predicted molar refractivity (Wildman–Crippen MR) is 189 cm³/mol. The van der Waals surface area contributed by atoms with E-state index in [1.165, 1.54) is 4.90 Å². The lowest BCUT2D eigenvalue weighted by Gasteiger charge is -2.51. The highest BCUT2D eigenvalue weighted by molar-refractivity contribution is 7.10. The summed E-state index contributed by atoms with van der Waals surface area (Å²) in [5.74, 6) is -2.56. The highest BCUT2D eigenvalue weighted by Gasteiger charge is 2.57. The molecule has 4 heterocycles. The molecule has 0 aliphatic carbocycles. The zero-order valence-electron chi connectivity index (χ0n) is 30.3. The van der Waals surface area contributed by atoms with Crippen molar-refractivity contribution in [2.75, 3.05) is 19.6 Å². The number of alkyl halides is 6. The van der Waals surface area contributed by atoms with Gasteiger partial charge in [0.25, 0.3) is 11.8 Å². The van der Waals surface area contributed by atoms with E-state index in [0.717, 1.165) is 34.7 Å². The summed E-state index contributed by atoms with van der Waals surface area (Å²) in [6.45, 7) is 3.40. The van der Waals surface area contributed by atoms with E-state index in [1.807, 2.05) is 0 Å². The van der Waals surface area contributed by atoms with E-state index >= 15 is 0 Å². The van der Waals surface area contributed by atoms with Crippen molar-refractivity contribution < 1.29 is 60.4 Å². The molecule has 1 aromatic carbocycles. The molecular weight excluding hydrogens is 756 g/mol. The molecule has 2 saturated heterocycles. The van der Waals surface area contributed by atoms with Crippen LogP contribution < -0.4 is 9.47 Å². The average molecular weight is 800 g/mol. The van der Waals surface area contributed by atoms with Crippen molar-refractivity contribution in [2.24, 2.45) is 0 Å². The van der Waals surface area contributed by atoms with Gasteiger partial charge >= 0.3 is 18.3 Å². The van der Waals surface area contributed by atoms with Crippen LogP contribution >= 0.6 is 11.3 Å². The van der Waals surface area contributed by atoms with Gasteiger partial charge in [-0.05, 0) is 63.6 Å². The Morgan fingerprint density at radius 2 is 1.73 bits per heavy atom. The van der Waals surface area contributed by atoms with Gasteiger partial charge in [0.15, 0.2) is 0 Å². The number of ether oxygens (including phenoxy) is 2. The molecular formula is C38H43F6N3O7S. The molecule has 2 aliphatic rings. The van der Waals surface area contributed by atoms with Crippen molar-refractivity contribution in [3.63, 3.8) is 0 Å². The number of aromatic nitrogens is 1. The maximum absolute atomic E-state index is 14.9. The predicted octanol–water partition coefficient (Wildman–Crippen LogP) is 7.94. The average Bonchev–Trinajstić information content (AvgIpc) is 3.61. The number of hydrogen-bond donors (Lipinski definition) is 2. The van der Waals surface area contributed by atoms with E-state index in [2.05, 4.69) is 4.98 Å². The molecule has 3 unspecified atom stereocenters. The summed E-state index contributed by atoms with van der Waals surface area (Å²) in [6, 6.07) is 8.19. The van der Waals surface area contributed by atoms with Crippen molar-refractivity contribution in [2.45, 2.75) is 107 Å². The van der Waals surface area contributed by atoms with E-state index in [0.29, 0.717) is 41.9 Å². The third-order valence-corrected chi connectivity index (χ3v) is 11.1. The fourth-order valence-electron chi connectivity index (χ4n) is 7.46. The maximum Gasteiger partial charge on any atom is 0.425 e. The first-order valence-corrected chi connectivity index (χ1v) is 18.9. The number of aliphatic carboxylic acids is 1. The van der Waals surface area contributed by atoms with Gasteiger partial charge in [0.05, 0.1) is 23.3 Å². The summed E-state index contributed by atoms with van der Waals surface area (Å²) in [5.41, 5.74) is -5.13. The molecule has 3 atom stereocenters. The Bertz CT molecular complexity index is 1830. The summed E-state index contributed by atoms with van der Waals surface area (Å²) in [5, 5.41) is 22.0. The van der Waals surface area contributed by atoms with Crippen LogP contribution in [0, 0.1) is 0 Å². The molecule has 0 bridgehead atoms. The number of para-hydroxylation sites is 1. The Labute approximate surface area is 318 Å². The molecule has 10 nitrogen and oxygen atoms in total. The number of aliphatic hydroxyl groups is 1. The molecule has 3 aromatic rings. The summed E-state index contributed by atoms with van der Waals surface area (Å²) in [7, 11) is 0. The monoisotopic (exact) mass is 799 g/mol. The van der Waals surface area contributed by atoms with E-state index in [9.17, 15) is 45.8 Å². The third kappa shape index (κ3) is 9.36. The molecule has 0 spiro atoms. The lowest BCUT2D eigenvalue weighted by molar-refractivity contribution is -0.163. The number of piperidine rings is 2. The number of amides is 2. The molecule has 17 heteroatoms. The number of carboxylic acid groups (broad SMARTS) is 1. The molecule has 5 rings (SSSR count). The minimum atomic E-state index is -4.92. The normalized spacial score (nSPS) is 20.9. The van der Waals surface area contributed by atoms with Gasteiger partial charge in [-0.15, -0.1) is 11.3 Å². The number of carbonyl (C=O) groups is 3. The first kappa shape index (κ1) is 41.8. The van der Waals surface area contributed by atoms with E-state index < -0.39 is 63.5 Å². The van der Waals surface area contributed by atoms with Crippen LogP contribution in [0.5, 0.6) is 11.5 Å². The van der Waals surface area contributed by atoms with E-state index in [-0.39, 0.29) is 70.0 Å². The van der Waals surface area contributed by atoms with Crippen LogP contribution in [0.2, 0.25) is 0 Å². The molecule has 2 fully saturated rings. The smallest absolute Gasteiger partial charge is 0.425 e. The van der Waals surface area contributed by atoms with Crippen LogP contribution in [0.3, 0.4) is 0 Å². The molecule has 0 radical (unpaired) electrons. The van der Waals surface area contributed by atoms with Gasteiger partial charge in [0.2, 0.25) is 5.60 Å². The van der Waals surface area contributed by atoms with Crippen molar-refractivity contribution in [1.29, 1.82) is 0 Å². The number of nitrogens with zero attached hydrogens (tertiary/aromatic N) is 3. The van der Waals surface area contributed by atoms with Crippen molar-refractivity contribution in [1.82, 2.24) is 14.8 Å². The lowest BCUT2D eigenvalue weighted by atomic mass is 9.78. The van der Waals surface area contributed by atoms with Gasteiger partial charge in [-0.3, -0.25) is 19.4 Å². The largest absolute Gasteiger partial charge is 0.490 e. The van der Waals surface area contributed by atoms with Gasteiger partial charge < -0.3 is 29.5 Å². The second-order valence-corrected chi connectivity index (χ2v) is 14.9. The first-order chi connectivity index (χ1) is 25.9. The Morgan fingerprint density at radius 1 is 1.02 bits per heavy atom. The van der Waals surface area contributed by atoms with Crippen LogP contribution in [0.15, 0.2) is 54.0 Å². The standard InChI is InChI=1S/C38H43F6N3O7S/c1-3-9-29-36(54-25-22-30(55-23-25)38(42,43)44,15-8-19-47(29)33(50)32-27(37(39,40)41)12-7-18-45-32)34(51)46-20-16-35(52,17-21-46)26-11-4-5-13-28(26)53-24(2)10-6-14-31(48)49/h4-5,7,11-13,18,22-24,29,52H,3,6,8-10,14-17,19-21H2,1-2H3,(H,48,49). The summed E-state index contributed by atoms with van der Waals surface area (Å²) in [4.78, 5) is 45.2. The van der Waals surface area contributed by atoms with Gasteiger partial charge in [-0.25, -0.2) is 0 Å². The third-order valence-electron chi connectivity index (χ3n) is 10.1. The van der Waals surface area contributed by atoms with Gasteiger partial charge in [-0.1, -0.05) is 31.5 Å². The fraction of sp³-hybridized carbons (Fsp3) is 0.526. The SMILES string of the molecule is CCCC1N(C(=O)c2ncccc2C(F)(F)F)CCCC1(Oc1csc(C(F)(F)F)c1)C(=O)N1CCC(O)(c2ccccc2OC(C)CCCC(=O)O)CC1. The van der Waals surface area contributed by atoms with Crippen molar-refractivity contribution in [3.05, 3.63) is 75.7 Å². The Kier molecular flexibility index (Phi) is 12.7. The summed E-state index contributed by atoms with van der Waals surface area (Å²) >= 11 is 0.361. The van der Waals surface area contributed by atoms with Gasteiger partial charge in [-0.2, -0.15) is 26.3 Å². The summed E-state index contributed by atoms with van der Waals surface area (Å²) < 4.78 is 95.6. The second kappa shape index (κ2) is 16.8. The number of likely N-dealkylation sites (tertiary alicyclic amines) is 2. The number of pyridine rings is 1. The minimum Gasteiger partial charge on any atom is -0.490 e. The summed E-state index contributed by atoms with van der Waals surface area (Å²) in [6.07, 6.45) is -7.66. The molecule has 2 N–H and O–H groups in total. The molecule has 2 amide bonds. The Balaban J connectivity index is 1.46. The van der Waals surface area contributed by atoms with E-state index in [1.54, 1.807) is 38.1 Å². The quantitative estimate of drug-likeness (QED) is 0.167. The lowest BCUT2D eigenvalue weighted by Crippen LogP contribution is -2.68. The second-order valence-electron chi connectivity index (χ2n) is 14.0. The number of carboxylic acids is 1. The first-order valence-electron chi connectivity index (χ1n) is 18.1. The highest BCUT2D eigenvalue weighted by Crippen LogP contribution is 2.44. The van der Waals surface area contributed by atoms with Crippen LogP contribution in [0.25, 0.3) is 0 Å². The topological polar surface area (TPSA) is 130 Å². The molecule has 2 aromatic heterocycles. The highest BCUT2D eigenvalue weighted by atomic mass is 32.1. The number of thiophene rings is 1. The number of rotatable bonds is 13. The molecule has 0 saturated carbocycles. The molecule has 2 aliphatic heterocycles. The van der Waals surface area contributed by atoms with Crippen LogP contribution in [0.1, 0.15) is 98.1 Å². The maximum atomic E-state index is 14.9. The number of carbonyl (C=O) groups excluding carboxylic acids is 2. The van der Waals surface area contributed by atoms with Crippen LogP contribution in [-0.4, -0.2) is 80.2 Å².